The van der Waals surface area contributed by atoms with Crippen LogP contribution in [-0.2, 0) is 6.42 Å². The normalized spacial score (nSPS) is 21.6. The molecule has 2 nitrogen and oxygen atoms in total. The molecule has 3 aromatic rings. The first-order valence-electron chi connectivity index (χ1n) is 13.1. The average Bonchev–Trinajstić information content (AvgIpc) is 3.40. The number of benzene rings is 2. The highest BCUT2D eigenvalue weighted by atomic mass is 19.2. The summed E-state index contributed by atoms with van der Waals surface area (Å²) in [7, 11) is 0. The Kier molecular flexibility index (Phi) is 6.09. The summed E-state index contributed by atoms with van der Waals surface area (Å²) < 4.78 is 72.5. The third-order valence-corrected chi connectivity index (χ3v) is 8.72. The monoisotopic (exact) mass is 513 g/mol. The van der Waals surface area contributed by atoms with Gasteiger partial charge in [0.25, 0.3) is 0 Å². The predicted molar refractivity (Wildman–Crippen MR) is 130 cm³/mol. The van der Waals surface area contributed by atoms with Gasteiger partial charge in [-0.05, 0) is 84.9 Å². The van der Waals surface area contributed by atoms with Crippen molar-refractivity contribution in [2.24, 2.45) is 5.41 Å². The molecule has 7 heteroatoms. The van der Waals surface area contributed by atoms with Gasteiger partial charge >= 0.3 is 0 Å². The first-order chi connectivity index (χ1) is 17.8. The van der Waals surface area contributed by atoms with E-state index in [-0.39, 0.29) is 22.5 Å². The van der Waals surface area contributed by atoms with Crippen LogP contribution in [0, 0.1) is 28.7 Å². The van der Waals surface area contributed by atoms with Gasteiger partial charge < -0.3 is 5.11 Å². The zero-order valence-electron chi connectivity index (χ0n) is 20.3. The molecule has 3 aliphatic carbocycles. The van der Waals surface area contributed by atoms with E-state index in [2.05, 4.69) is 0 Å². The Labute approximate surface area is 212 Å². The van der Waals surface area contributed by atoms with Crippen molar-refractivity contribution in [1.82, 2.24) is 4.98 Å². The zero-order valence-corrected chi connectivity index (χ0v) is 20.3. The predicted octanol–water partition coefficient (Wildman–Crippen LogP) is 8.17. The van der Waals surface area contributed by atoms with Crippen molar-refractivity contribution in [3.8, 4) is 11.1 Å². The fourth-order valence-electron chi connectivity index (χ4n) is 6.76. The molecule has 0 aliphatic heterocycles. The van der Waals surface area contributed by atoms with Gasteiger partial charge in [-0.15, -0.1) is 0 Å². The highest BCUT2D eigenvalue weighted by molar-refractivity contribution is 5.75. The Balaban J connectivity index is 1.63. The van der Waals surface area contributed by atoms with Crippen LogP contribution in [-0.4, -0.2) is 10.1 Å². The molecule has 2 aromatic carbocycles. The van der Waals surface area contributed by atoms with E-state index in [9.17, 15) is 22.7 Å². The third-order valence-electron chi connectivity index (χ3n) is 8.72. The SMILES string of the molecule is OC1CC2(CCC2)Cc2nc(C3CCCC3)c(C(F)c3cc(F)c(F)c(F)c3)c(-c3ccc(F)cc3)c21. The maximum Gasteiger partial charge on any atom is 0.194 e. The van der Waals surface area contributed by atoms with Gasteiger partial charge in [-0.25, -0.2) is 22.0 Å². The summed E-state index contributed by atoms with van der Waals surface area (Å²) in [6.07, 6.45) is 4.87. The van der Waals surface area contributed by atoms with Crippen molar-refractivity contribution in [3.63, 3.8) is 0 Å². The van der Waals surface area contributed by atoms with E-state index in [4.69, 9.17) is 4.98 Å². The molecule has 1 spiro atoms. The summed E-state index contributed by atoms with van der Waals surface area (Å²) in [5, 5.41) is 11.4. The molecule has 37 heavy (non-hydrogen) atoms. The molecule has 0 radical (unpaired) electrons. The highest BCUT2D eigenvalue weighted by Gasteiger charge is 2.46. The number of pyridine rings is 1. The minimum Gasteiger partial charge on any atom is -0.388 e. The summed E-state index contributed by atoms with van der Waals surface area (Å²) in [5.74, 6) is -5.11. The van der Waals surface area contributed by atoms with Gasteiger partial charge in [0.05, 0.1) is 11.8 Å². The molecule has 2 fully saturated rings. The number of aromatic nitrogens is 1. The van der Waals surface area contributed by atoms with E-state index >= 15 is 4.39 Å². The fraction of sp³-hybridized carbons (Fsp3) is 0.433. The molecule has 1 aromatic heterocycles. The van der Waals surface area contributed by atoms with Crippen LogP contribution in [0.2, 0.25) is 0 Å². The summed E-state index contributed by atoms with van der Waals surface area (Å²) in [6.45, 7) is 0. The molecular formula is C30H28F5NO. The van der Waals surface area contributed by atoms with Gasteiger partial charge in [0.15, 0.2) is 23.6 Å². The lowest BCUT2D eigenvalue weighted by Crippen LogP contribution is -2.38. The maximum absolute atomic E-state index is 16.6. The minimum atomic E-state index is -2.02. The number of fused-ring (bicyclic) bond motifs is 1. The molecule has 2 unspecified atom stereocenters. The molecule has 6 rings (SSSR count). The van der Waals surface area contributed by atoms with E-state index in [0.29, 0.717) is 47.4 Å². The lowest BCUT2D eigenvalue weighted by Gasteiger charge is -2.47. The quantitative estimate of drug-likeness (QED) is 0.282. The van der Waals surface area contributed by atoms with Crippen molar-refractivity contribution >= 4 is 0 Å². The first-order valence-corrected chi connectivity index (χ1v) is 13.1. The molecule has 2 saturated carbocycles. The van der Waals surface area contributed by atoms with Crippen LogP contribution in [0.5, 0.6) is 0 Å². The molecule has 1 N–H and O–H groups in total. The van der Waals surface area contributed by atoms with E-state index in [0.717, 1.165) is 50.6 Å². The number of hydrogen-bond acceptors (Lipinski definition) is 2. The molecule has 0 saturated heterocycles. The summed E-state index contributed by atoms with van der Waals surface area (Å²) in [4.78, 5) is 5.00. The van der Waals surface area contributed by atoms with Crippen molar-refractivity contribution in [1.29, 1.82) is 0 Å². The van der Waals surface area contributed by atoms with E-state index in [1.807, 2.05) is 0 Å². The van der Waals surface area contributed by atoms with Crippen LogP contribution in [0.3, 0.4) is 0 Å². The summed E-state index contributed by atoms with van der Waals surface area (Å²) in [6, 6.07) is 6.96. The molecule has 3 aliphatic rings. The standard InChI is InChI=1S/C30H28F5NO/c31-19-8-6-16(7-9-19)24-25-22(14-30(10-3-11-30)15-23(25)37)36-29(17-4-1-2-5-17)26(24)27(34)18-12-20(32)28(35)21(33)13-18/h6-9,12-13,17,23,27,37H,1-5,10-11,14-15H2. The second kappa shape index (κ2) is 9.19. The molecule has 1 heterocycles. The Morgan fingerprint density at radius 3 is 2.16 bits per heavy atom. The van der Waals surface area contributed by atoms with Gasteiger partial charge in [-0.2, -0.15) is 0 Å². The molecule has 0 bridgehead atoms. The fourth-order valence-corrected chi connectivity index (χ4v) is 6.76. The minimum absolute atomic E-state index is 0.0216. The second-order valence-corrected chi connectivity index (χ2v) is 11.0. The van der Waals surface area contributed by atoms with Crippen LogP contribution < -0.4 is 0 Å². The summed E-state index contributed by atoms with van der Waals surface area (Å²) >= 11 is 0. The van der Waals surface area contributed by atoms with E-state index in [1.165, 1.54) is 24.3 Å². The van der Waals surface area contributed by atoms with Crippen molar-refractivity contribution in [2.45, 2.75) is 76.0 Å². The third kappa shape index (κ3) is 4.15. The smallest absolute Gasteiger partial charge is 0.194 e. The number of aliphatic hydroxyl groups is 1. The van der Waals surface area contributed by atoms with Gasteiger partial charge in [0, 0.05) is 22.7 Å². The summed E-state index contributed by atoms with van der Waals surface area (Å²) in [5.41, 5.74) is 2.42. The van der Waals surface area contributed by atoms with Gasteiger partial charge in [0.1, 0.15) is 5.82 Å². The van der Waals surface area contributed by atoms with Crippen molar-refractivity contribution in [3.05, 3.63) is 87.7 Å². The van der Waals surface area contributed by atoms with Crippen molar-refractivity contribution < 1.29 is 27.1 Å². The number of aliphatic hydroxyl groups excluding tert-OH is 1. The van der Waals surface area contributed by atoms with Crippen LogP contribution >= 0.6 is 0 Å². The highest BCUT2D eigenvalue weighted by Crippen LogP contribution is 2.56. The van der Waals surface area contributed by atoms with Crippen LogP contribution in [0.15, 0.2) is 36.4 Å². The lowest BCUT2D eigenvalue weighted by molar-refractivity contribution is 0.0246. The van der Waals surface area contributed by atoms with Gasteiger partial charge in [0.2, 0.25) is 0 Å². The lowest BCUT2D eigenvalue weighted by atomic mass is 9.59. The Hall–Kier alpha value is -2.80. The average molecular weight is 514 g/mol. The molecule has 2 atom stereocenters. The van der Waals surface area contributed by atoms with Crippen LogP contribution in [0.1, 0.15) is 97.6 Å². The van der Waals surface area contributed by atoms with Gasteiger partial charge in [-0.1, -0.05) is 31.4 Å². The van der Waals surface area contributed by atoms with E-state index < -0.39 is 35.5 Å². The Bertz CT molecular complexity index is 1320. The Morgan fingerprint density at radius 2 is 1.57 bits per heavy atom. The van der Waals surface area contributed by atoms with Gasteiger partial charge in [-0.3, -0.25) is 4.98 Å². The molecule has 0 amide bonds. The number of hydrogen-bond donors (Lipinski definition) is 1. The first kappa shape index (κ1) is 24.5. The Morgan fingerprint density at radius 1 is 0.919 bits per heavy atom. The number of alkyl halides is 1. The second-order valence-electron chi connectivity index (χ2n) is 11.0. The number of rotatable bonds is 4. The van der Waals surface area contributed by atoms with Crippen LogP contribution in [0.4, 0.5) is 22.0 Å². The van der Waals surface area contributed by atoms with Crippen molar-refractivity contribution in [2.75, 3.05) is 0 Å². The topological polar surface area (TPSA) is 33.1 Å². The largest absolute Gasteiger partial charge is 0.388 e. The molecular weight excluding hydrogens is 485 g/mol. The number of halogens is 5. The van der Waals surface area contributed by atoms with Crippen LogP contribution in [0.25, 0.3) is 11.1 Å². The molecule has 194 valence electrons. The zero-order chi connectivity index (χ0) is 25.9. The van der Waals surface area contributed by atoms with E-state index in [1.54, 1.807) is 0 Å². The number of nitrogens with zero attached hydrogens (tertiary/aromatic N) is 1. The maximum atomic E-state index is 16.6.